The van der Waals surface area contributed by atoms with Crippen molar-refractivity contribution in [1.29, 1.82) is 0 Å². The van der Waals surface area contributed by atoms with Crippen LogP contribution in [0.3, 0.4) is 0 Å². The van der Waals surface area contributed by atoms with E-state index in [9.17, 15) is 15.0 Å². The summed E-state index contributed by atoms with van der Waals surface area (Å²) in [6.07, 6.45) is 0.0189. The molecule has 0 radical (unpaired) electrons. The summed E-state index contributed by atoms with van der Waals surface area (Å²) in [6, 6.07) is 9.02. The first-order valence-corrected chi connectivity index (χ1v) is 11.3. The number of carbonyl (C=O) groups is 1. The first-order valence-electron chi connectivity index (χ1n) is 11.3. The Morgan fingerprint density at radius 1 is 1.06 bits per heavy atom. The molecule has 5 heteroatoms. The number of alkyl halides is 2. The van der Waals surface area contributed by atoms with Gasteiger partial charge in [-0.15, -0.1) is 0 Å². The smallest absolute Gasteiger partial charge is 0.186 e. The highest BCUT2D eigenvalue weighted by Crippen LogP contribution is 2.69. The summed E-state index contributed by atoms with van der Waals surface area (Å²) < 4.78 is 32.8. The Hall–Kier alpha value is -1.85. The first kappa shape index (κ1) is 21.0. The molecule has 5 rings (SSSR count). The lowest BCUT2D eigenvalue weighted by Gasteiger charge is -2.62. The van der Waals surface area contributed by atoms with Crippen LogP contribution in [0.1, 0.15) is 45.6 Å². The minimum atomic E-state index is -2.11. The fourth-order valence-corrected chi connectivity index (χ4v) is 7.49. The molecule has 4 aliphatic rings. The summed E-state index contributed by atoms with van der Waals surface area (Å²) in [6.45, 7) is 5.48. The Morgan fingerprint density at radius 2 is 1.74 bits per heavy atom. The maximum absolute atomic E-state index is 17.3. The van der Waals surface area contributed by atoms with E-state index in [0.717, 1.165) is 0 Å². The number of hydrogen-bond acceptors (Lipinski definition) is 3. The van der Waals surface area contributed by atoms with Gasteiger partial charge in [-0.2, -0.15) is 0 Å². The summed E-state index contributed by atoms with van der Waals surface area (Å²) in [7, 11) is 0. The van der Waals surface area contributed by atoms with Gasteiger partial charge in [0.05, 0.1) is 12.2 Å². The molecule has 1 aromatic rings. The SMILES string of the molecule is C[C@@H]1C[C@H]2[C@@H]3C[C@H](F)C4=CC(=O)C(c5ccccc5)=C[C@]4(C)[C@@]3(F)[C@@H](O)C[C@]2(C)[C@@H]1O. The van der Waals surface area contributed by atoms with Crippen LogP contribution in [0.15, 0.2) is 48.1 Å². The third-order valence-electron chi connectivity index (χ3n) is 9.09. The second-order valence-corrected chi connectivity index (χ2v) is 10.7. The van der Waals surface area contributed by atoms with Gasteiger partial charge in [-0.3, -0.25) is 4.79 Å². The Morgan fingerprint density at radius 3 is 2.42 bits per heavy atom. The van der Waals surface area contributed by atoms with Crippen LogP contribution in [0.5, 0.6) is 0 Å². The van der Waals surface area contributed by atoms with Gasteiger partial charge in [-0.25, -0.2) is 8.78 Å². The highest BCUT2D eigenvalue weighted by Gasteiger charge is 2.72. The van der Waals surface area contributed by atoms with E-state index in [-0.39, 0.29) is 36.0 Å². The predicted molar refractivity (Wildman–Crippen MR) is 114 cm³/mol. The Bertz CT molecular complexity index is 988. The highest BCUT2D eigenvalue weighted by atomic mass is 19.1. The number of ketones is 1. The van der Waals surface area contributed by atoms with Crippen LogP contribution in [0, 0.1) is 28.6 Å². The molecule has 0 aromatic heterocycles. The lowest BCUT2D eigenvalue weighted by Crippen LogP contribution is -2.68. The molecule has 0 amide bonds. The van der Waals surface area contributed by atoms with Crippen molar-refractivity contribution in [2.75, 3.05) is 0 Å². The molecule has 3 nitrogen and oxygen atoms in total. The fourth-order valence-electron chi connectivity index (χ4n) is 7.49. The number of rotatable bonds is 1. The van der Waals surface area contributed by atoms with E-state index in [1.54, 1.807) is 37.3 Å². The second-order valence-electron chi connectivity index (χ2n) is 10.7. The fraction of sp³-hybridized carbons (Fsp3) is 0.577. The number of allylic oxidation sites excluding steroid dienone is 4. The molecule has 0 heterocycles. The zero-order valence-electron chi connectivity index (χ0n) is 18.2. The molecular weight excluding hydrogens is 398 g/mol. The molecule has 31 heavy (non-hydrogen) atoms. The summed E-state index contributed by atoms with van der Waals surface area (Å²) in [4.78, 5) is 12.9. The monoisotopic (exact) mass is 428 g/mol. The quantitative estimate of drug-likeness (QED) is 0.695. The Balaban J connectivity index is 1.68. The van der Waals surface area contributed by atoms with Gasteiger partial charge in [0, 0.05) is 16.9 Å². The number of halogens is 2. The van der Waals surface area contributed by atoms with E-state index >= 15 is 8.78 Å². The minimum Gasteiger partial charge on any atom is -0.392 e. The maximum atomic E-state index is 17.3. The van der Waals surface area contributed by atoms with Crippen molar-refractivity contribution in [3.8, 4) is 0 Å². The lowest BCUT2D eigenvalue weighted by molar-refractivity contribution is -0.207. The van der Waals surface area contributed by atoms with Crippen molar-refractivity contribution in [2.45, 2.75) is 64.1 Å². The largest absolute Gasteiger partial charge is 0.392 e. The molecule has 0 aliphatic heterocycles. The van der Waals surface area contributed by atoms with Crippen molar-refractivity contribution in [3.63, 3.8) is 0 Å². The second kappa shape index (κ2) is 6.58. The van der Waals surface area contributed by atoms with Gasteiger partial charge in [0.1, 0.15) is 6.17 Å². The van der Waals surface area contributed by atoms with Gasteiger partial charge in [-0.1, -0.05) is 50.3 Å². The minimum absolute atomic E-state index is 0.0317. The summed E-state index contributed by atoms with van der Waals surface area (Å²) in [5.74, 6) is -1.33. The van der Waals surface area contributed by atoms with E-state index in [0.29, 0.717) is 17.6 Å². The molecular formula is C26H30F2O3. The molecule has 0 bridgehead atoms. The van der Waals surface area contributed by atoms with Crippen LogP contribution in [0.25, 0.3) is 5.57 Å². The van der Waals surface area contributed by atoms with Gasteiger partial charge in [0.15, 0.2) is 11.5 Å². The van der Waals surface area contributed by atoms with Gasteiger partial charge < -0.3 is 10.2 Å². The number of aliphatic hydroxyl groups excluding tert-OH is 2. The van der Waals surface area contributed by atoms with Crippen LogP contribution >= 0.6 is 0 Å². The average molecular weight is 429 g/mol. The van der Waals surface area contributed by atoms with E-state index in [4.69, 9.17) is 0 Å². The number of aliphatic hydroxyl groups is 2. The molecule has 3 saturated carbocycles. The molecule has 2 N–H and O–H groups in total. The summed E-state index contributed by atoms with van der Waals surface area (Å²) >= 11 is 0. The van der Waals surface area contributed by atoms with Crippen molar-refractivity contribution < 1.29 is 23.8 Å². The zero-order valence-corrected chi connectivity index (χ0v) is 18.2. The molecule has 4 aliphatic carbocycles. The summed E-state index contributed by atoms with van der Waals surface area (Å²) in [5, 5.41) is 22.1. The zero-order chi connectivity index (χ0) is 22.3. The molecule has 0 saturated heterocycles. The third-order valence-corrected chi connectivity index (χ3v) is 9.09. The van der Waals surface area contributed by atoms with Crippen LogP contribution in [0.4, 0.5) is 8.78 Å². The van der Waals surface area contributed by atoms with Crippen molar-refractivity contribution in [3.05, 3.63) is 53.6 Å². The Kier molecular flexibility index (Phi) is 4.46. The predicted octanol–water partition coefficient (Wildman–Crippen LogP) is 4.44. The average Bonchev–Trinajstić information content (AvgIpc) is 2.96. The van der Waals surface area contributed by atoms with Gasteiger partial charge in [-0.05, 0) is 60.6 Å². The van der Waals surface area contributed by atoms with Crippen LogP contribution < -0.4 is 0 Å². The van der Waals surface area contributed by atoms with Gasteiger partial charge >= 0.3 is 0 Å². The maximum Gasteiger partial charge on any atom is 0.186 e. The lowest BCUT2D eigenvalue weighted by atomic mass is 9.45. The molecule has 9 atom stereocenters. The topological polar surface area (TPSA) is 57.5 Å². The summed E-state index contributed by atoms with van der Waals surface area (Å²) in [5.41, 5.74) is -3.07. The van der Waals surface area contributed by atoms with E-state index in [1.165, 1.54) is 6.08 Å². The van der Waals surface area contributed by atoms with Crippen LogP contribution in [-0.2, 0) is 4.79 Å². The van der Waals surface area contributed by atoms with E-state index < -0.39 is 40.8 Å². The molecule has 0 spiro atoms. The van der Waals surface area contributed by atoms with Crippen molar-refractivity contribution in [1.82, 2.24) is 0 Å². The van der Waals surface area contributed by atoms with Crippen molar-refractivity contribution in [2.24, 2.45) is 28.6 Å². The van der Waals surface area contributed by atoms with Gasteiger partial charge in [0.2, 0.25) is 0 Å². The van der Waals surface area contributed by atoms with Gasteiger partial charge in [0.25, 0.3) is 0 Å². The third kappa shape index (κ3) is 2.53. The highest BCUT2D eigenvalue weighted by molar-refractivity contribution is 6.27. The number of benzene rings is 1. The Labute approximate surface area is 181 Å². The molecule has 1 aromatic carbocycles. The van der Waals surface area contributed by atoms with Crippen LogP contribution in [-0.4, -0.2) is 40.0 Å². The standard InChI is InChI=1S/C26H30F2O3/c1-14-9-17-18-10-20(27)19-11-21(29)16(15-7-5-4-6-8-15)12-25(19,3)26(18,28)22(30)13-24(17,2)23(14)31/h4-8,11-12,14,17-18,20,22-23,30-31H,9-10,13H2,1-3H3/t14-,17+,18+,20+,22+,23-,24+,25+,26+/m1/s1. The first-order chi connectivity index (χ1) is 14.5. The number of carbonyl (C=O) groups excluding carboxylic acids is 1. The van der Waals surface area contributed by atoms with Crippen LogP contribution in [0.2, 0.25) is 0 Å². The number of hydrogen-bond donors (Lipinski definition) is 2. The molecule has 0 unspecified atom stereocenters. The van der Waals surface area contributed by atoms with Crippen molar-refractivity contribution >= 4 is 11.4 Å². The van der Waals surface area contributed by atoms with E-state index in [2.05, 4.69) is 0 Å². The van der Waals surface area contributed by atoms with E-state index in [1.807, 2.05) is 19.9 Å². The normalized spacial score (nSPS) is 48.9. The number of fused-ring (bicyclic) bond motifs is 5. The molecule has 3 fully saturated rings. The molecule has 166 valence electrons.